The number of Topliss-reactive ketones (excluding diaryl/α,β-unsaturated/α-hetero) is 3. The number of allylic oxidation sites excluding steroid dienone is 6. The Labute approximate surface area is 380 Å². The van der Waals surface area contributed by atoms with Gasteiger partial charge in [0.25, 0.3) is 11.7 Å². The van der Waals surface area contributed by atoms with Gasteiger partial charge in [-0.05, 0) is 107 Å². The molecule has 0 aromatic carbocycles. The van der Waals surface area contributed by atoms with Gasteiger partial charge in [0.15, 0.2) is 5.78 Å². The van der Waals surface area contributed by atoms with Crippen LogP contribution >= 0.6 is 0 Å². The zero-order valence-corrected chi connectivity index (χ0v) is 39.6. The van der Waals surface area contributed by atoms with Crippen molar-refractivity contribution < 1.29 is 63.3 Å². The minimum absolute atomic E-state index is 0.0365. The lowest BCUT2D eigenvalue weighted by Gasteiger charge is -2.42. The van der Waals surface area contributed by atoms with Crippen LogP contribution in [0.3, 0.4) is 0 Å². The molecule has 0 aromatic heterocycles. The molecule has 1 saturated carbocycles. The van der Waals surface area contributed by atoms with Gasteiger partial charge in [-0.3, -0.25) is 19.2 Å². The second kappa shape index (κ2) is 24.4. The molecule has 360 valence electrons. The minimum Gasteiger partial charge on any atom is -0.460 e. The number of hydrogen-bond donors (Lipinski definition) is 4. The summed E-state index contributed by atoms with van der Waals surface area (Å²) in [7, 11) is 3.12. The number of aliphatic hydroxyl groups is 4. The number of hydrogen-bond acceptors (Lipinski definition) is 13. The average molecular weight is 900 g/mol. The van der Waals surface area contributed by atoms with E-state index in [1.54, 1.807) is 41.9 Å². The molecule has 0 radical (unpaired) electrons. The van der Waals surface area contributed by atoms with Crippen LogP contribution in [0, 0.1) is 35.5 Å². The van der Waals surface area contributed by atoms with Gasteiger partial charge in [-0.15, -0.1) is 0 Å². The highest BCUT2D eigenvalue weighted by Crippen LogP contribution is 2.38. The number of esters is 1. The van der Waals surface area contributed by atoms with Gasteiger partial charge in [0.05, 0.1) is 24.4 Å². The van der Waals surface area contributed by atoms with Crippen molar-refractivity contribution in [2.24, 2.45) is 35.5 Å². The highest BCUT2D eigenvalue weighted by atomic mass is 16.6. The third kappa shape index (κ3) is 13.8. The predicted octanol–water partition coefficient (Wildman–Crippen LogP) is 5.53. The number of rotatable bonds is 5. The normalized spacial score (nSPS) is 40.9. The topological polar surface area (TPSA) is 206 Å². The fourth-order valence-electron chi connectivity index (χ4n) is 9.89. The first kappa shape index (κ1) is 53.2. The van der Waals surface area contributed by atoms with Gasteiger partial charge in [-0.25, -0.2) is 4.79 Å². The monoisotopic (exact) mass is 900 g/mol. The maximum absolute atomic E-state index is 14.3. The van der Waals surface area contributed by atoms with Gasteiger partial charge >= 0.3 is 5.97 Å². The molecule has 64 heavy (non-hydrogen) atoms. The molecule has 3 aliphatic heterocycles. The number of methoxy groups -OCH3 is 2. The number of piperidine rings is 1. The summed E-state index contributed by atoms with van der Waals surface area (Å²) in [6.07, 6.45) is 9.84. The highest BCUT2D eigenvalue weighted by molar-refractivity contribution is 6.39. The summed E-state index contributed by atoms with van der Waals surface area (Å²) in [5.41, 5.74) is 1.11. The summed E-state index contributed by atoms with van der Waals surface area (Å²) in [5.74, 6) is -8.59. The Bertz CT molecular complexity index is 1740. The lowest BCUT2D eigenvalue weighted by molar-refractivity contribution is -0.265. The molecule has 2 bridgehead atoms. The van der Waals surface area contributed by atoms with Crippen LogP contribution in [0.1, 0.15) is 126 Å². The molecule has 0 aromatic rings. The van der Waals surface area contributed by atoms with Crippen molar-refractivity contribution in [2.75, 3.05) is 20.8 Å². The van der Waals surface area contributed by atoms with Crippen LogP contribution in [0.4, 0.5) is 0 Å². The Morgan fingerprint density at radius 3 is 2.25 bits per heavy atom. The van der Waals surface area contributed by atoms with Gasteiger partial charge in [0.2, 0.25) is 5.79 Å². The molecule has 3 fully saturated rings. The average Bonchev–Trinajstić information content (AvgIpc) is 3.27. The van der Waals surface area contributed by atoms with Crippen LogP contribution in [0.25, 0.3) is 0 Å². The highest BCUT2D eigenvalue weighted by Gasteiger charge is 2.53. The van der Waals surface area contributed by atoms with Crippen LogP contribution in [0.15, 0.2) is 47.6 Å². The Morgan fingerprint density at radius 1 is 0.844 bits per heavy atom. The number of carbonyl (C=O) groups is 5. The van der Waals surface area contributed by atoms with Gasteiger partial charge < -0.3 is 44.3 Å². The first-order valence-electron chi connectivity index (χ1n) is 23.5. The quantitative estimate of drug-likeness (QED) is 0.153. The van der Waals surface area contributed by atoms with E-state index >= 15 is 0 Å². The van der Waals surface area contributed by atoms with Crippen LogP contribution in [0.2, 0.25) is 0 Å². The smallest absolute Gasteiger partial charge is 0.329 e. The molecule has 15 atom stereocenters. The van der Waals surface area contributed by atoms with E-state index in [0.717, 1.165) is 5.57 Å². The third-order valence-electron chi connectivity index (χ3n) is 14.2. The fourth-order valence-corrected chi connectivity index (χ4v) is 9.89. The number of carbonyl (C=O) groups excluding carboxylic acids is 5. The number of amides is 1. The molecule has 2 saturated heterocycles. The summed E-state index contributed by atoms with van der Waals surface area (Å²) in [4.78, 5) is 71.2. The zero-order chi connectivity index (χ0) is 47.5. The summed E-state index contributed by atoms with van der Waals surface area (Å²) in [6.45, 7) is 12.4. The second-order valence-electron chi connectivity index (χ2n) is 19.4. The fraction of sp³-hybridized carbons (Fsp3) is 0.740. The zero-order valence-electron chi connectivity index (χ0n) is 39.6. The van der Waals surface area contributed by atoms with E-state index in [1.165, 1.54) is 11.0 Å². The summed E-state index contributed by atoms with van der Waals surface area (Å²) >= 11 is 0. The van der Waals surface area contributed by atoms with Gasteiger partial charge in [0.1, 0.15) is 30.1 Å². The molecule has 4 rings (SSSR count). The lowest BCUT2D eigenvalue weighted by atomic mass is 9.78. The second-order valence-corrected chi connectivity index (χ2v) is 19.4. The Hall–Kier alpha value is -3.37. The summed E-state index contributed by atoms with van der Waals surface area (Å²) < 4.78 is 23.7. The minimum atomic E-state index is -2.44. The number of nitrogens with zero attached hydrogens (tertiary/aromatic N) is 1. The SMILES string of the molecule is COC1C[C@@H]2CC[C@@H](C)[C@@](O)(O2)C(=O)C(=O)N2CCCC[C@H]2C(=O)O[C@H]([C@H](C)C[C@@H]2CC[C@@H](O)[C@H](OC)C2)CC(=O)[C@H](C)/C=C(\C)[C@@H](O)[C@@H](O)C(=O)[C@H](C)C[C@H](C)/C=C/C=C/C=C/1C. The molecule has 3 heterocycles. The molecular formula is C50H77NO13. The van der Waals surface area contributed by atoms with Gasteiger partial charge in [0, 0.05) is 51.4 Å². The van der Waals surface area contributed by atoms with E-state index in [2.05, 4.69) is 0 Å². The molecule has 14 nitrogen and oxygen atoms in total. The molecule has 4 aliphatic rings. The van der Waals surface area contributed by atoms with E-state index in [9.17, 15) is 44.4 Å². The summed E-state index contributed by atoms with van der Waals surface area (Å²) in [5, 5.41) is 44.5. The number of cyclic esters (lactones) is 1. The largest absolute Gasteiger partial charge is 0.460 e. The molecule has 1 unspecified atom stereocenters. The van der Waals surface area contributed by atoms with E-state index < -0.39 is 89.6 Å². The Kier molecular flexibility index (Phi) is 20.3. The van der Waals surface area contributed by atoms with Crippen molar-refractivity contribution in [3.63, 3.8) is 0 Å². The molecule has 14 heteroatoms. The van der Waals surface area contributed by atoms with Crippen LogP contribution in [0.5, 0.6) is 0 Å². The number of fused-ring (bicyclic) bond motifs is 3. The predicted molar refractivity (Wildman–Crippen MR) is 240 cm³/mol. The number of aliphatic hydroxyl groups excluding tert-OH is 3. The molecule has 4 N–H and O–H groups in total. The molecular weight excluding hydrogens is 823 g/mol. The first-order valence-corrected chi connectivity index (χ1v) is 23.5. The van der Waals surface area contributed by atoms with Crippen LogP contribution in [-0.4, -0.2) is 130 Å². The molecule has 0 spiro atoms. The first-order chi connectivity index (χ1) is 30.2. The van der Waals surface area contributed by atoms with E-state index in [0.29, 0.717) is 64.2 Å². The lowest BCUT2D eigenvalue weighted by Crippen LogP contribution is -2.61. The van der Waals surface area contributed by atoms with Crippen LogP contribution in [-0.2, 0) is 42.9 Å². The van der Waals surface area contributed by atoms with E-state index in [-0.39, 0.29) is 54.6 Å². The van der Waals surface area contributed by atoms with Crippen molar-refractivity contribution in [1.82, 2.24) is 4.90 Å². The number of ketones is 3. The van der Waals surface area contributed by atoms with Crippen molar-refractivity contribution >= 4 is 29.2 Å². The maximum atomic E-state index is 14.3. The summed E-state index contributed by atoms with van der Waals surface area (Å²) in [6, 6.07) is -1.15. The van der Waals surface area contributed by atoms with Crippen LogP contribution < -0.4 is 0 Å². The van der Waals surface area contributed by atoms with Gasteiger partial charge in [-0.2, -0.15) is 0 Å². The van der Waals surface area contributed by atoms with Crippen molar-refractivity contribution in [2.45, 2.75) is 180 Å². The standard InChI is InChI=1S/C50H77NO13/c1-29-15-11-10-12-16-30(2)41(61-8)27-37-20-18-35(7)50(60,64-37)47(57)48(58)51-22-14-13-17-38(51)49(59)63-42(32(4)25-36-19-21-39(52)43(26-36)62-9)28-40(53)31(3)24-34(6)45(55)46(56)44(54)33(5)23-29/h10-12,15-16,24,29,31-33,35-39,41-43,45-46,52,55-56,60H,13-14,17-23,25-28H2,1-9H3/b12-10+,15-11+,30-16+,34-24+/t29-,31-,32-,33-,35-,36+,37+,38+,39-,41?,42+,43-,45-,46+,50-/m1/s1. The van der Waals surface area contributed by atoms with Crippen molar-refractivity contribution in [3.8, 4) is 0 Å². The van der Waals surface area contributed by atoms with Gasteiger partial charge in [-0.1, -0.05) is 71.1 Å². The van der Waals surface area contributed by atoms with E-state index in [1.807, 2.05) is 51.2 Å². The molecule has 1 aliphatic carbocycles. The Balaban J connectivity index is 1.69. The van der Waals surface area contributed by atoms with E-state index in [4.69, 9.17) is 18.9 Å². The Morgan fingerprint density at radius 2 is 1.56 bits per heavy atom. The maximum Gasteiger partial charge on any atom is 0.329 e. The molecule has 1 amide bonds. The third-order valence-corrected chi connectivity index (χ3v) is 14.2. The van der Waals surface area contributed by atoms with Crippen molar-refractivity contribution in [1.29, 1.82) is 0 Å². The number of ether oxygens (including phenoxy) is 4. The van der Waals surface area contributed by atoms with Crippen molar-refractivity contribution in [3.05, 3.63) is 47.6 Å².